The summed E-state index contributed by atoms with van der Waals surface area (Å²) in [4.78, 5) is 16.0. The normalized spacial score (nSPS) is 10.9. The highest BCUT2D eigenvalue weighted by Crippen LogP contribution is 2.10. The number of carbonyl (C=O) groups is 1. The number of fused-ring (bicyclic) bond motifs is 1. The van der Waals surface area contributed by atoms with E-state index in [1.807, 2.05) is 0 Å². The summed E-state index contributed by atoms with van der Waals surface area (Å²) in [5, 5.41) is 2.48. The highest BCUT2D eigenvalue weighted by Gasteiger charge is 2.12. The van der Waals surface area contributed by atoms with Gasteiger partial charge < -0.3 is 9.72 Å². The molecule has 1 amide bonds. The highest BCUT2D eigenvalue weighted by atomic mass is 19.1. The van der Waals surface area contributed by atoms with Crippen LogP contribution >= 0.6 is 0 Å². The highest BCUT2D eigenvalue weighted by molar-refractivity contribution is 5.94. The van der Waals surface area contributed by atoms with Gasteiger partial charge in [-0.1, -0.05) is 0 Å². The van der Waals surface area contributed by atoms with Crippen molar-refractivity contribution in [2.75, 3.05) is 0 Å². The number of nitrogens with zero attached hydrogens (tertiary/aromatic N) is 2. The molecule has 22 heavy (non-hydrogen) atoms. The van der Waals surface area contributed by atoms with E-state index in [4.69, 9.17) is 0 Å². The Hall–Kier alpha value is -2.83. The predicted octanol–water partition coefficient (Wildman–Crippen LogP) is 2.68. The van der Waals surface area contributed by atoms with E-state index in [0.717, 1.165) is 12.1 Å². The number of nitrogens with one attached hydrogen (secondary N) is 1. The van der Waals surface area contributed by atoms with E-state index in [1.165, 1.54) is 22.7 Å². The van der Waals surface area contributed by atoms with Gasteiger partial charge in [0.05, 0.1) is 17.8 Å². The Kier molecular flexibility index (Phi) is 3.54. The third-order valence-corrected chi connectivity index (χ3v) is 3.07. The Labute approximate surface area is 123 Å². The molecule has 2 heterocycles. The van der Waals surface area contributed by atoms with Gasteiger partial charge in [-0.15, -0.1) is 0 Å². The van der Waals surface area contributed by atoms with Gasteiger partial charge in [-0.05, 0) is 24.3 Å². The van der Waals surface area contributed by atoms with Crippen LogP contribution in [0.25, 0.3) is 5.65 Å². The molecule has 1 N–H and O–H groups in total. The summed E-state index contributed by atoms with van der Waals surface area (Å²) in [6.45, 7) is 0.0406. The predicted molar refractivity (Wildman–Crippen MR) is 72.7 cm³/mol. The maximum Gasteiger partial charge on any atom is 0.254 e. The minimum atomic E-state index is -0.936. The molecule has 2 aromatic heterocycles. The van der Waals surface area contributed by atoms with Crippen molar-refractivity contribution in [3.63, 3.8) is 0 Å². The number of rotatable bonds is 3. The second-order valence-electron chi connectivity index (χ2n) is 4.65. The molecule has 0 unspecified atom stereocenters. The summed E-state index contributed by atoms with van der Waals surface area (Å²) in [6, 6.07) is 5.49. The first-order valence-electron chi connectivity index (χ1n) is 6.39. The van der Waals surface area contributed by atoms with Gasteiger partial charge in [0, 0.05) is 18.5 Å². The van der Waals surface area contributed by atoms with Crippen LogP contribution in [0.3, 0.4) is 0 Å². The Morgan fingerprint density at radius 1 is 1.09 bits per heavy atom. The molecular weight excluding hydrogens is 295 g/mol. The molecule has 0 aliphatic carbocycles. The van der Waals surface area contributed by atoms with Crippen LogP contribution in [0.2, 0.25) is 0 Å². The molecule has 0 atom stereocenters. The van der Waals surface area contributed by atoms with Crippen molar-refractivity contribution in [1.29, 1.82) is 0 Å². The first kappa shape index (κ1) is 14.1. The molecule has 0 aliphatic rings. The molecule has 7 heteroatoms. The fourth-order valence-electron chi connectivity index (χ4n) is 2.04. The van der Waals surface area contributed by atoms with Crippen LogP contribution in [0.1, 0.15) is 16.1 Å². The number of aromatic nitrogens is 2. The lowest BCUT2D eigenvalue weighted by Gasteiger charge is -2.04. The SMILES string of the molecule is O=C(NCc1cn2cc(F)ccc2n1)c1ccc(F)cc1F. The summed E-state index contributed by atoms with van der Waals surface area (Å²) < 4.78 is 40.8. The van der Waals surface area contributed by atoms with Gasteiger partial charge in [-0.2, -0.15) is 0 Å². The number of imidazole rings is 1. The van der Waals surface area contributed by atoms with Crippen LogP contribution in [-0.2, 0) is 6.54 Å². The number of hydrogen-bond donors (Lipinski definition) is 1. The van der Waals surface area contributed by atoms with Gasteiger partial charge in [0.15, 0.2) is 0 Å². The number of pyridine rings is 1. The Balaban J connectivity index is 1.74. The molecule has 112 valence electrons. The van der Waals surface area contributed by atoms with Crippen LogP contribution in [0.15, 0.2) is 42.7 Å². The zero-order valence-corrected chi connectivity index (χ0v) is 11.2. The number of halogens is 3. The molecule has 0 aliphatic heterocycles. The minimum Gasteiger partial charge on any atom is -0.346 e. The molecule has 3 aromatic rings. The summed E-state index contributed by atoms with van der Waals surface area (Å²) in [6.07, 6.45) is 2.81. The lowest BCUT2D eigenvalue weighted by molar-refractivity contribution is 0.0946. The molecule has 3 rings (SSSR count). The largest absolute Gasteiger partial charge is 0.346 e. The van der Waals surface area contributed by atoms with Gasteiger partial charge >= 0.3 is 0 Å². The number of benzene rings is 1. The summed E-state index contributed by atoms with van der Waals surface area (Å²) >= 11 is 0. The molecule has 0 fully saturated rings. The first-order chi connectivity index (χ1) is 10.5. The summed E-state index contributed by atoms with van der Waals surface area (Å²) in [5.74, 6) is -2.78. The van der Waals surface area contributed by atoms with Crippen molar-refractivity contribution in [2.45, 2.75) is 6.54 Å². The first-order valence-corrected chi connectivity index (χ1v) is 6.39. The van der Waals surface area contributed by atoms with Crippen LogP contribution in [-0.4, -0.2) is 15.3 Å². The van der Waals surface area contributed by atoms with Crippen molar-refractivity contribution in [3.05, 3.63) is 71.4 Å². The quantitative estimate of drug-likeness (QED) is 0.808. The van der Waals surface area contributed by atoms with E-state index in [-0.39, 0.29) is 12.1 Å². The van der Waals surface area contributed by atoms with E-state index in [2.05, 4.69) is 10.3 Å². The second-order valence-corrected chi connectivity index (χ2v) is 4.65. The number of amides is 1. The third kappa shape index (κ3) is 2.78. The van der Waals surface area contributed by atoms with Gasteiger partial charge in [0.1, 0.15) is 23.1 Å². The standard InChI is InChI=1S/C15H10F3N3O/c16-9-1-3-12(13(18)5-9)15(22)19-6-11-8-21-7-10(17)2-4-14(21)20-11/h1-5,7-8H,6H2,(H,19,22). The molecular formula is C15H10F3N3O. The van der Waals surface area contributed by atoms with E-state index in [1.54, 1.807) is 6.20 Å². The Morgan fingerprint density at radius 3 is 2.64 bits per heavy atom. The second kappa shape index (κ2) is 5.51. The Morgan fingerprint density at radius 2 is 1.86 bits per heavy atom. The lowest BCUT2D eigenvalue weighted by Crippen LogP contribution is -2.24. The van der Waals surface area contributed by atoms with Gasteiger partial charge in [-0.3, -0.25) is 4.79 Å². The molecule has 0 bridgehead atoms. The fourth-order valence-corrected chi connectivity index (χ4v) is 2.04. The topological polar surface area (TPSA) is 46.4 Å². The smallest absolute Gasteiger partial charge is 0.254 e. The van der Waals surface area contributed by atoms with Crippen molar-refractivity contribution in [1.82, 2.24) is 14.7 Å². The molecule has 0 spiro atoms. The van der Waals surface area contributed by atoms with Crippen LogP contribution in [0.4, 0.5) is 13.2 Å². The Bertz CT molecular complexity index is 860. The summed E-state index contributed by atoms with van der Waals surface area (Å²) in [5.41, 5.74) is 0.760. The number of hydrogen-bond acceptors (Lipinski definition) is 2. The minimum absolute atomic E-state index is 0.0406. The van der Waals surface area contributed by atoms with Crippen molar-refractivity contribution >= 4 is 11.6 Å². The average Bonchev–Trinajstić information content (AvgIpc) is 2.86. The van der Waals surface area contributed by atoms with Crippen LogP contribution in [0, 0.1) is 17.5 Å². The average molecular weight is 305 g/mol. The van der Waals surface area contributed by atoms with Gasteiger partial charge in [0.25, 0.3) is 5.91 Å². The van der Waals surface area contributed by atoms with E-state index in [0.29, 0.717) is 17.4 Å². The van der Waals surface area contributed by atoms with Crippen LogP contribution in [0.5, 0.6) is 0 Å². The van der Waals surface area contributed by atoms with Crippen molar-refractivity contribution in [2.24, 2.45) is 0 Å². The lowest BCUT2D eigenvalue weighted by atomic mass is 10.2. The van der Waals surface area contributed by atoms with Crippen LogP contribution < -0.4 is 5.32 Å². The molecule has 0 radical (unpaired) electrons. The molecule has 0 saturated heterocycles. The zero-order chi connectivity index (χ0) is 15.7. The maximum absolute atomic E-state index is 13.5. The van der Waals surface area contributed by atoms with Gasteiger partial charge in [-0.25, -0.2) is 18.2 Å². The van der Waals surface area contributed by atoms with Gasteiger partial charge in [0.2, 0.25) is 0 Å². The fraction of sp³-hybridized carbons (Fsp3) is 0.0667. The molecule has 1 aromatic carbocycles. The number of carbonyl (C=O) groups excluding carboxylic acids is 1. The van der Waals surface area contributed by atoms with E-state index < -0.39 is 23.4 Å². The third-order valence-electron chi connectivity index (χ3n) is 3.07. The monoisotopic (exact) mass is 305 g/mol. The molecule has 0 saturated carbocycles. The van der Waals surface area contributed by atoms with E-state index >= 15 is 0 Å². The van der Waals surface area contributed by atoms with Crippen molar-refractivity contribution < 1.29 is 18.0 Å². The molecule has 4 nitrogen and oxygen atoms in total. The van der Waals surface area contributed by atoms with Crippen molar-refractivity contribution in [3.8, 4) is 0 Å². The maximum atomic E-state index is 13.5. The van der Waals surface area contributed by atoms with E-state index in [9.17, 15) is 18.0 Å². The zero-order valence-electron chi connectivity index (χ0n) is 11.2. The summed E-state index contributed by atoms with van der Waals surface area (Å²) in [7, 11) is 0.